The van der Waals surface area contributed by atoms with Crippen LogP contribution in [-0.2, 0) is 4.74 Å². The average Bonchev–Trinajstić information content (AvgIpc) is 2.78. The maximum atomic E-state index is 12.5. The first kappa shape index (κ1) is 18.2. The number of hydrogen-bond donors (Lipinski definition) is 1. The first-order valence-electron chi connectivity index (χ1n) is 8.89. The van der Waals surface area contributed by atoms with Gasteiger partial charge in [0, 0.05) is 18.1 Å². The fourth-order valence-corrected chi connectivity index (χ4v) is 4.21. The molecule has 0 saturated carbocycles. The number of piperidine rings is 1. The molecule has 2 heterocycles. The molecule has 2 fully saturated rings. The predicted molar refractivity (Wildman–Crippen MR) is 99.5 cm³/mol. The summed E-state index contributed by atoms with van der Waals surface area (Å²) in [5.41, 5.74) is 0.449. The highest BCUT2D eigenvalue weighted by molar-refractivity contribution is 6.32. The number of ether oxygens (including phenoxy) is 2. The van der Waals surface area contributed by atoms with Crippen molar-refractivity contribution in [1.82, 2.24) is 4.90 Å². The van der Waals surface area contributed by atoms with Gasteiger partial charge < -0.3 is 19.7 Å². The van der Waals surface area contributed by atoms with Gasteiger partial charge in [0.25, 0.3) is 0 Å². The molecule has 2 aliphatic rings. The first-order valence-corrected chi connectivity index (χ1v) is 9.26. The molecule has 1 amide bonds. The fourth-order valence-electron chi connectivity index (χ4n) is 3.96. The Morgan fingerprint density at radius 2 is 1.88 bits per heavy atom. The number of hydrogen-bond acceptors (Lipinski definition) is 4. The number of carbonyl (C=O) groups is 1. The number of nitrogens with zero attached hydrogens (tertiary/aromatic N) is 1. The fraction of sp³-hybridized carbons (Fsp3) is 0.632. The Morgan fingerprint density at radius 3 is 2.44 bits per heavy atom. The van der Waals surface area contributed by atoms with Crippen LogP contribution < -0.4 is 10.1 Å². The van der Waals surface area contributed by atoms with Crippen molar-refractivity contribution in [1.29, 1.82) is 0 Å². The zero-order valence-corrected chi connectivity index (χ0v) is 16.1. The molecule has 0 aromatic heterocycles. The van der Waals surface area contributed by atoms with Crippen molar-refractivity contribution in [3.63, 3.8) is 0 Å². The number of rotatable bonds is 3. The van der Waals surface area contributed by atoms with E-state index >= 15 is 0 Å². The molecular formula is C19H27ClN2O3. The highest BCUT2D eigenvalue weighted by Crippen LogP contribution is 2.40. The van der Waals surface area contributed by atoms with E-state index in [1.807, 2.05) is 43.9 Å². The molecule has 3 rings (SSSR count). The summed E-state index contributed by atoms with van der Waals surface area (Å²) < 4.78 is 11.0. The summed E-state index contributed by atoms with van der Waals surface area (Å²) in [4.78, 5) is 14.5. The minimum Gasteiger partial charge on any atom is -0.493 e. The van der Waals surface area contributed by atoms with E-state index in [0.29, 0.717) is 16.8 Å². The number of para-hydroxylation sites is 1. The zero-order valence-electron chi connectivity index (χ0n) is 15.3. The Labute approximate surface area is 154 Å². The SMILES string of the molecule is COc1c(Cl)cccc1NC1CC2CCC(C1)N2C(=O)OC(C)(C)C. The van der Waals surface area contributed by atoms with E-state index in [0.717, 1.165) is 31.4 Å². The molecule has 138 valence electrons. The molecule has 0 spiro atoms. The van der Waals surface area contributed by atoms with Crippen molar-refractivity contribution in [2.45, 2.75) is 70.2 Å². The number of nitrogens with one attached hydrogen (secondary N) is 1. The van der Waals surface area contributed by atoms with E-state index in [9.17, 15) is 4.79 Å². The van der Waals surface area contributed by atoms with Crippen molar-refractivity contribution in [3.8, 4) is 5.75 Å². The maximum absolute atomic E-state index is 12.5. The van der Waals surface area contributed by atoms with Crippen LogP contribution in [-0.4, -0.2) is 41.8 Å². The number of benzene rings is 1. The number of fused-ring (bicyclic) bond motifs is 2. The number of halogens is 1. The molecule has 2 bridgehead atoms. The highest BCUT2D eigenvalue weighted by atomic mass is 35.5. The largest absolute Gasteiger partial charge is 0.493 e. The van der Waals surface area contributed by atoms with Gasteiger partial charge in [0.05, 0.1) is 17.8 Å². The quantitative estimate of drug-likeness (QED) is 0.843. The normalized spacial score (nSPS) is 25.6. The third kappa shape index (κ3) is 3.97. The van der Waals surface area contributed by atoms with Gasteiger partial charge in [-0.3, -0.25) is 0 Å². The number of amides is 1. The van der Waals surface area contributed by atoms with Gasteiger partial charge in [0.2, 0.25) is 0 Å². The van der Waals surface area contributed by atoms with Crippen LogP contribution >= 0.6 is 11.6 Å². The van der Waals surface area contributed by atoms with Crippen LogP contribution in [0.5, 0.6) is 5.75 Å². The molecule has 1 N–H and O–H groups in total. The molecule has 2 aliphatic heterocycles. The number of methoxy groups -OCH3 is 1. The lowest BCUT2D eigenvalue weighted by Gasteiger charge is -2.40. The average molecular weight is 367 g/mol. The van der Waals surface area contributed by atoms with Gasteiger partial charge in [-0.25, -0.2) is 4.79 Å². The number of carbonyl (C=O) groups excluding carboxylic acids is 1. The lowest BCUT2D eigenvalue weighted by Crippen LogP contribution is -2.51. The van der Waals surface area contributed by atoms with Crippen LogP contribution in [0.2, 0.25) is 5.02 Å². The third-order valence-corrected chi connectivity index (χ3v) is 5.17. The zero-order chi connectivity index (χ0) is 18.2. The second kappa shape index (κ2) is 6.94. The summed E-state index contributed by atoms with van der Waals surface area (Å²) in [5.74, 6) is 0.672. The first-order chi connectivity index (χ1) is 11.8. The van der Waals surface area contributed by atoms with Crippen LogP contribution in [0.4, 0.5) is 10.5 Å². The van der Waals surface area contributed by atoms with Gasteiger partial charge in [-0.05, 0) is 58.6 Å². The maximum Gasteiger partial charge on any atom is 0.410 e. The molecule has 2 unspecified atom stereocenters. The molecule has 1 aromatic carbocycles. The van der Waals surface area contributed by atoms with Crippen molar-refractivity contribution >= 4 is 23.4 Å². The molecule has 2 atom stereocenters. The topological polar surface area (TPSA) is 50.8 Å². The third-order valence-electron chi connectivity index (χ3n) is 4.87. The molecule has 5 nitrogen and oxygen atoms in total. The summed E-state index contributed by atoms with van der Waals surface area (Å²) in [5, 5.41) is 4.16. The van der Waals surface area contributed by atoms with E-state index in [2.05, 4.69) is 5.32 Å². The van der Waals surface area contributed by atoms with Crippen LogP contribution in [0.25, 0.3) is 0 Å². The summed E-state index contributed by atoms with van der Waals surface area (Å²) in [6.45, 7) is 5.73. The molecule has 25 heavy (non-hydrogen) atoms. The van der Waals surface area contributed by atoms with Crippen LogP contribution in [0.1, 0.15) is 46.5 Å². The smallest absolute Gasteiger partial charge is 0.410 e. The lowest BCUT2D eigenvalue weighted by atomic mass is 9.97. The van der Waals surface area contributed by atoms with Crippen molar-refractivity contribution in [2.75, 3.05) is 12.4 Å². The van der Waals surface area contributed by atoms with Gasteiger partial charge in [0.15, 0.2) is 5.75 Å². The van der Waals surface area contributed by atoms with Crippen molar-refractivity contribution in [3.05, 3.63) is 23.2 Å². The van der Waals surface area contributed by atoms with Crippen molar-refractivity contribution < 1.29 is 14.3 Å². The van der Waals surface area contributed by atoms with Gasteiger partial charge in [-0.2, -0.15) is 0 Å². The van der Waals surface area contributed by atoms with E-state index in [4.69, 9.17) is 21.1 Å². The Kier molecular flexibility index (Phi) is 5.05. The minimum atomic E-state index is -0.459. The molecule has 0 radical (unpaired) electrons. The molecule has 2 saturated heterocycles. The highest BCUT2D eigenvalue weighted by Gasteiger charge is 2.44. The van der Waals surface area contributed by atoms with Crippen LogP contribution in [0.15, 0.2) is 18.2 Å². The standard InChI is InChI=1S/C19H27ClN2O3/c1-19(2,3)25-18(23)22-13-8-9-14(22)11-12(10-13)21-16-7-5-6-15(20)17(16)24-4/h5-7,12-14,21H,8-11H2,1-4H3. The van der Waals surface area contributed by atoms with E-state index in [-0.39, 0.29) is 18.2 Å². The monoisotopic (exact) mass is 366 g/mol. The van der Waals surface area contributed by atoms with Gasteiger partial charge in [-0.15, -0.1) is 0 Å². The molecular weight excluding hydrogens is 340 g/mol. The van der Waals surface area contributed by atoms with Gasteiger partial charge in [-0.1, -0.05) is 17.7 Å². The molecule has 1 aromatic rings. The minimum absolute atomic E-state index is 0.182. The molecule has 6 heteroatoms. The second-order valence-corrected chi connectivity index (χ2v) is 8.31. The van der Waals surface area contributed by atoms with Gasteiger partial charge >= 0.3 is 6.09 Å². The Balaban J connectivity index is 1.68. The van der Waals surface area contributed by atoms with Crippen molar-refractivity contribution in [2.24, 2.45) is 0 Å². The van der Waals surface area contributed by atoms with E-state index in [1.165, 1.54) is 0 Å². The summed E-state index contributed by atoms with van der Waals surface area (Å²) in [7, 11) is 1.63. The lowest BCUT2D eigenvalue weighted by molar-refractivity contribution is 0.00683. The van der Waals surface area contributed by atoms with E-state index < -0.39 is 5.60 Å². The summed E-state index contributed by atoms with van der Waals surface area (Å²) in [6.07, 6.45) is 3.71. The number of anilines is 1. The van der Waals surface area contributed by atoms with E-state index in [1.54, 1.807) is 7.11 Å². The van der Waals surface area contributed by atoms with Crippen LogP contribution in [0, 0.1) is 0 Å². The predicted octanol–water partition coefficient (Wildman–Crippen LogP) is 4.69. The Bertz CT molecular complexity index is 630. The Morgan fingerprint density at radius 1 is 1.24 bits per heavy atom. The summed E-state index contributed by atoms with van der Waals surface area (Å²) >= 11 is 6.21. The van der Waals surface area contributed by atoms with Gasteiger partial charge in [0.1, 0.15) is 5.60 Å². The Hall–Kier alpha value is -1.62. The summed E-state index contributed by atoms with van der Waals surface area (Å²) in [6, 6.07) is 6.47. The van der Waals surface area contributed by atoms with Crippen LogP contribution in [0.3, 0.4) is 0 Å². The second-order valence-electron chi connectivity index (χ2n) is 7.91. The molecule has 0 aliphatic carbocycles.